The SMILES string of the molecule is CCCCCCCC/C=C\CCCCCCCC(=O)OCC(Cc1cncn1C)C(CC)C(=O)OCc1cccc([C@H](C)c2cn(C(=O)OC(C)(C)C)cn2)c1C. The van der Waals surface area contributed by atoms with Crippen molar-refractivity contribution in [3.8, 4) is 0 Å². The first-order chi connectivity index (χ1) is 27.3. The molecule has 2 aromatic heterocycles. The molecule has 3 aromatic rings. The molecule has 316 valence electrons. The molecule has 0 aliphatic carbocycles. The number of hydrogen-bond acceptors (Lipinski definition) is 8. The molecule has 0 saturated heterocycles. The van der Waals surface area contributed by atoms with Gasteiger partial charge >= 0.3 is 18.0 Å². The molecule has 0 fully saturated rings. The molecule has 0 bridgehead atoms. The first-order valence-electron chi connectivity index (χ1n) is 21.6. The van der Waals surface area contributed by atoms with Gasteiger partial charge in [0.25, 0.3) is 0 Å². The highest BCUT2D eigenvalue weighted by Gasteiger charge is 2.31. The van der Waals surface area contributed by atoms with E-state index in [1.807, 2.05) is 71.4 Å². The Morgan fingerprint density at radius 1 is 0.877 bits per heavy atom. The van der Waals surface area contributed by atoms with Crippen molar-refractivity contribution in [1.82, 2.24) is 19.1 Å². The predicted octanol–water partition coefficient (Wildman–Crippen LogP) is 11.4. The number of aromatic nitrogens is 4. The van der Waals surface area contributed by atoms with Gasteiger partial charge in [-0.1, -0.05) is 102 Å². The van der Waals surface area contributed by atoms with Gasteiger partial charge in [0.1, 0.15) is 18.5 Å². The highest BCUT2D eigenvalue weighted by Crippen LogP contribution is 2.29. The number of hydrogen-bond donors (Lipinski definition) is 0. The predicted molar refractivity (Wildman–Crippen MR) is 227 cm³/mol. The Hall–Kier alpha value is -4.21. The van der Waals surface area contributed by atoms with Crippen LogP contribution in [0.15, 0.2) is 55.4 Å². The van der Waals surface area contributed by atoms with Crippen LogP contribution in [0.25, 0.3) is 0 Å². The zero-order valence-electron chi connectivity index (χ0n) is 36.4. The van der Waals surface area contributed by atoms with E-state index in [0.29, 0.717) is 19.3 Å². The Balaban J connectivity index is 1.49. The molecule has 0 amide bonds. The van der Waals surface area contributed by atoms with E-state index in [1.54, 1.807) is 18.7 Å². The lowest BCUT2D eigenvalue weighted by Gasteiger charge is -2.25. The molecule has 0 aliphatic heterocycles. The van der Waals surface area contributed by atoms with Crippen LogP contribution in [-0.4, -0.2) is 49.3 Å². The Bertz CT molecular complexity index is 1670. The number of aryl methyl sites for hydroxylation is 1. The van der Waals surface area contributed by atoms with E-state index in [2.05, 4.69) is 29.0 Å². The first kappa shape index (κ1) is 47.2. The largest absolute Gasteiger partial charge is 0.465 e. The van der Waals surface area contributed by atoms with Gasteiger partial charge in [0.05, 0.1) is 24.5 Å². The van der Waals surface area contributed by atoms with Crippen molar-refractivity contribution >= 4 is 18.0 Å². The molecule has 1 aromatic carbocycles. The van der Waals surface area contributed by atoms with Crippen LogP contribution in [0, 0.1) is 18.8 Å². The molecule has 0 spiro atoms. The minimum absolute atomic E-state index is 0.113. The summed E-state index contributed by atoms with van der Waals surface area (Å²) in [4.78, 5) is 47.9. The van der Waals surface area contributed by atoms with Gasteiger partial charge in [-0.05, 0) is 89.3 Å². The Morgan fingerprint density at radius 3 is 2.18 bits per heavy atom. The summed E-state index contributed by atoms with van der Waals surface area (Å²) >= 11 is 0. The summed E-state index contributed by atoms with van der Waals surface area (Å²) in [7, 11) is 1.93. The molecule has 10 heteroatoms. The van der Waals surface area contributed by atoms with E-state index in [0.717, 1.165) is 53.8 Å². The Morgan fingerprint density at radius 2 is 1.54 bits per heavy atom. The van der Waals surface area contributed by atoms with E-state index >= 15 is 0 Å². The van der Waals surface area contributed by atoms with Gasteiger partial charge in [0.15, 0.2) is 0 Å². The number of allylic oxidation sites excluding steroid dienone is 2. The number of ether oxygens (including phenoxy) is 3. The van der Waals surface area contributed by atoms with E-state index in [9.17, 15) is 14.4 Å². The summed E-state index contributed by atoms with van der Waals surface area (Å²) in [6.07, 6.45) is 28.0. The Kier molecular flexibility index (Phi) is 20.9. The molecule has 57 heavy (non-hydrogen) atoms. The van der Waals surface area contributed by atoms with Crippen molar-refractivity contribution in [1.29, 1.82) is 0 Å². The molecule has 3 rings (SSSR count). The summed E-state index contributed by atoms with van der Waals surface area (Å²) in [6, 6.07) is 5.94. The molecule has 0 N–H and O–H groups in total. The van der Waals surface area contributed by atoms with Gasteiger partial charge in [-0.2, -0.15) is 0 Å². The number of carbonyl (C=O) groups is 3. The molecule has 0 radical (unpaired) electrons. The zero-order valence-corrected chi connectivity index (χ0v) is 36.4. The lowest BCUT2D eigenvalue weighted by molar-refractivity contribution is -0.156. The van der Waals surface area contributed by atoms with Crippen molar-refractivity contribution in [2.24, 2.45) is 18.9 Å². The van der Waals surface area contributed by atoms with Gasteiger partial charge in [-0.3, -0.25) is 9.59 Å². The fraction of sp³-hybridized carbons (Fsp3) is 0.638. The molecule has 10 nitrogen and oxygen atoms in total. The number of rotatable bonds is 26. The summed E-state index contributed by atoms with van der Waals surface area (Å²) in [5.74, 6) is -1.37. The maximum Gasteiger partial charge on any atom is 0.419 e. The van der Waals surface area contributed by atoms with Crippen LogP contribution < -0.4 is 0 Å². The van der Waals surface area contributed by atoms with Gasteiger partial charge in [-0.25, -0.2) is 19.3 Å². The summed E-state index contributed by atoms with van der Waals surface area (Å²) < 4.78 is 20.6. The number of unbranched alkanes of at least 4 members (excludes halogenated alkanes) is 11. The number of esters is 2. The molecule has 0 aliphatic rings. The topological polar surface area (TPSA) is 115 Å². The summed E-state index contributed by atoms with van der Waals surface area (Å²) in [6.45, 7) is 14.0. The highest BCUT2D eigenvalue weighted by atomic mass is 16.6. The monoisotopic (exact) mass is 789 g/mol. The van der Waals surface area contributed by atoms with Crippen LogP contribution in [0.4, 0.5) is 4.79 Å². The Labute approximate surface area is 343 Å². The third-order valence-corrected chi connectivity index (χ3v) is 10.8. The average Bonchev–Trinajstić information content (AvgIpc) is 3.83. The van der Waals surface area contributed by atoms with Gasteiger partial charge in [-0.15, -0.1) is 0 Å². The highest BCUT2D eigenvalue weighted by molar-refractivity contribution is 5.73. The van der Waals surface area contributed by atoms with Crippen LogP contribution in [0.1, 0.15) is 172 Å². The van der Waals surface area contributed by atoms with Gasteiger partial charge < -0.3 is 18.8 Å². The molecule has 3 atom stereocenters. The standard InChI is InChI=1S/C47H72N4O6/c1-9-11-12-13-14-15-16-17-18-19-20-21-22-23-24-28-44(52)55-33-39(29-40-30-48-34-50(40)8)41(10-2)45(53)56-32-38-26-25-27-42(36(38)3)37(4)43-31-51(35-49-43)46(54)57-47(5,6)7/h17-18,25-27,30-31,34-35,37,39,41H,9-16,19-24,28-29,32-33H2,1-8H3/b18-17-/t37-,39?,41?/m0/s1. The van der Waals surface area contributed by atoms with Gasteiger partial charge in [0, 0.05) is 43.4 Å². The quantitative estimate of drug-likeness (QED) is 0.0342. The van der Waals surface area contributed by atoms with Crippen molar-refractivity contribution in [2.45, 2.75) is 169 Å². The second-order valence-electron chi connectivity index (χ2n) is 16.6. The van der Waals surface area contributed by atoms with Crippen molar-refractivity contribution in [3.63, 3.8) is 0 Å². The van der Waals surface area contributed by atoms with Crippen molar-refractivity contribution in [2.75, 3.05) is 6.61 Å². The van der Waals surface area contributed by atoms with E-state index in [1.165, 1.54) is 68.7 Å². The normalized spacial score (nSPS) is 13.4. The minimum Gasteiger partial charge on any atom is -0.465 e. The third kappa shape index (κ3) is 17.0. The maximum atomic E-state index is 13.7. The lowest BCUT2D eigenvalue weighted by Crippen LogP contribution is -2.31. The third-order valence-electron chi connectivity index (χ3n) is 10.8. The first-order valence-corrected chi connectivity index (χ1v) is 21.6. The van der Waals surface area contributed by atoms with Crippen LogP contribution in [0.5, 0.6) is 0 Å². The van der Waals surface area contributed by atoms with Crippen LogP contribution in [-0.2, 0) is 43.9 Å². The molecular formula is C47H72N4O6. The molecule has 2 unspecified atom stereocenters. The minimum atomic E-state index is -0.612. The number of benzene rings is 1. The number of nitrogens with zero attached hydrogens (tertiary/aromatic N) is 4. The smallest absolute Gasteiger partial charge is 0.419 e. The molecule has 2 heterocycles. The molecular weight excluding hydrogens is 717 g/mol. The van der Waals surface area contributed by atoms with Crippen molar-refractivity contribution in [3.05, 3.63) is 83.5 Å². The summed E-state index contributed by atoms with van der Waals surface area (Å²) in [5.41, 5.74) is 3.99. The van der Waals surface area contributed by atoms with E-state index < -0.39 is 17.6 Å². The molecule has 0 saturated carbocycles. The van der Waals surface area contributed by atoms with Gasteiger partial charge in [0.2, 0.25) is 0 Å². The lowest BCUT2D eigenvalue weighted by atomic mass is 9.87. The maximum absolute atomic E-state index is 13.7. The fourth-order valence-electron chi connectivity index (χ4n) is 7.19. The van der Waals surface area contributed by atoms with Crippen LogP contribution >= 0.6 is 0 Å². The fourth-order valence-corrected chi connectivity index (χ4v) is 7.19. The van der Waals surface area contributed by atoms with Crippen molar-refractivity contribution < 1.29 is 28.6 Å². The zero-order chi connectivity index (χ0) is 41.6. The number of carbonyl (C=O) groups excluding carboxylic acids is 3. The van der Waals surface area contributed by atoms with E-state index in [-0.39, 0.29) is 37.0 Å². The van der Waals surface area contributed by atoms with E-state index in [4.69, 9.17) is 14.2 Å². The van der Waals surface area contributed by atoms with Crippen LogP contribution in [0.3, 0.4) is 0 Å². The number of imidazole rings is 2. The van der Waals surface area contributed by atoms with Crippen LogP contribution in [0.2, 0.25) is 0 Å². The second-order valence-corrected chi connectivity index (χ2v) is 16.6. The second kappa shape index (κ2) is 25.2. The average molecular weight is 789 g/mol. The summed E-state index contributed by atoms with van der Waals surface area (Å²) in [5, 5.41) is 0.